The highest BCUT2D eigenvalue weighted by molar-refractivity contribution is 9.10. The zero-order valence-electron chi connectivity index (χ0n) is 10.9. The molecule has 0 aliphatic carbocycles. The van der Waals surface area contributed by atoms with E-state index in [0.29, 0.717) is 37.6 Å². The second kappa shape index (κ2) is 8.90. The number of amides is 1. The highest BCUT2D eigenvalue weighted by atomic mass is 79.9. The number of anilines is 1. The quantitative estimate of drug-likeness (QED) is 0.563. The minimum Gasteiger partial charge on any atom is -0.398 e. The summed E-state index contributed by atoms with van der Waals surface area (Å²) in [7, 11) is 1.63. The lowest BCUT2D eigenvalue weighted by molar-refractivity contribution is 0.0688. The van der Waals surface area contributed by atoms with E-state index in [-0.39, 0.29) is 5.91 Å². The van der Waals surface area contributed by atoms with Crippen molar-refractivity contribution in [1.82, 2.24) is 5.32 Å². The van der Waals surface area contributed by atoms with Crippen LogP contribution in [0.3, 0.4) is 0 Å². The SMILES string of the molecule is COCCOCCCNC(=O)c1ccc(N)c(Br)c1. The number of carbonyl (C=O) groups is 1. The van der Waals surface area contributed by atoms with Crippen molar-refractivity contribution in [3.05, 3.63) is 28.2 Å². The average Bonchev–Trinajstić information content (AvgIpc) is 2.40. The van der Waals surface area contributed by atoms with Gasteiger partial charge in [0.05, 0.1) is 13.2 Å². The van der Waals surface area contributed by atoms with Gasteiger partial charge in [0, 0.05) is 36.0 Å². The van der Waals surface area contributed by atoms with Crippen LogP contribution in [0.5, 0.6) is 0 Å². The zero-order valence-corrected chi connectivity index (χ0v) is 12.5. The summed E-state index contributed by atoms with van der Waals surface area (Å²) in [6.45, 7) is 2.35. The number of nitrogen functional groups attached to an aromatic ring is 1. The number of ether oxygens (including phenoxy) is 2. The molecule has 1 amide bonds. The first kappa shape index (κ1) is 15.9. The van der Waals surface area contributed by atoms with Crippen LogP contribution in [0.1, 0.15) is 16.8 Å². The number of rotatable bonds is 8. The van der Waals surface area contributed by atoms with Gasteiger partial charge in [0.2, 0.25) is 0 Å². The minimum absolute atomic E-state index is 0.113. The average molecular weight is 331 g/mol. The van der Waals surface area contributed by atoms with Crippen molar-refractivity contribution < 1.29 is 14.3 Å². The topological polar surface area (TPSA) is 73.6 Å². The fraction of sp³-hybridized carbons (Fsp3) is 0.462. The molecule has 0 aromatic heterocycles. The number of benzene rings is 1. The number of carbonyl (C=O) groups excluding carboxylic acids is 1. The molecule has 1 aromatic carbocycles. The maximum absolute atomic E-state index is 11.8. The van der Waals surface area contributed by atoms with Crippen molar-refractivity contribution in [2.24, 2.45) is 0 Å². The summed E-state index contributed by atoms with van der Waals surface area (Å²) in [6, 6.07) is 5.11. The maximum atomic E-state index is 11.8. The number of methoxy groups -OCH3 is 1. The molecule has 0 saturated carbocycles. The van der Waals surface area contributed by atoms with E-state index >= 15 is 0 Å². The van der Waals surface area contributed by atoms with Crippen molar-refractivity contribution in [2.45, 2.75) is 6.42 Å². The fourth-order valence-corrected chi connectivity index (χ4v) is 1.77. The van der Waals surface area contributed by atoms with Crippen molar-refractivity contribution in [1.29, 1.82) is 0 Å². The summed E-state index contributed by atoms with van der Waals surface area (Å²) >= 11 is 3.29. The zero-order chi connectivity index (χ0) is 14.1. The van der Waals surface area contributed by atoms with E-state index < -0.39 is 0 Å². The molecule has 0 unspecified atom stereocenters. The Morgan fingerprint density at radius 1 is 1.37 bits per heavy atom. The Morgan fingerprint density at radius 3 is 2.84 bits per heavy atom. The Bertz CT molecular complexity index is 413. The van der Waals surface area contributed by atoms with E-state index in [4.69, 9.17) is 15.2 Å². The van der Waals surface area contributed by atoms with Gasteiger partial charge in [-0.05, 0) is 40.5 Å². The monoisotopic (exact) mass is 330 g/mol. The second-order valence-corrected chi connectivity index (χ2v) is 4.81. The molecule has 0 radical (unpaired) electrons. The molecular weight excluding hydrogens is 312 g/mol. The first-order chi connectivity index (χ1) is 9.15. The lowest BCUT2D eigenvalue weighted by Gasteiger charge is -2.07. The Hall–Kier alpha value is -1.11. The van der Waals surface area contributed by atoms with Crippen LogP contribution in [-0.4, -0.2) is 39.4 Å². The molecule has 0 aliphatic heterocycles. The lowest BCUT2D eigenvalue weighted by Crippen LogP contribution is -2.25. The standard InChI is InChI=1S/C13H19BrN2O3/c1-18-7-8-19-6-2-5-16-13(17)10-3-4-12(15)11(14)9-10/h3-4,9H,2,5-8,15H2,1H3,(H,16,17). The Labute approximate surface area is 121 Å². The summed E-state index contributed by atoms with van der Waals surface area (Å²) < 4.78 is 10.9. The van der Waals surface area contributed by atoms with Gasteiger partial charge >= 0.3 is 0 Å². The van der Waals surface area contributed by atoms with E-state index in [1.165, 1.54) is 0 Å². The van der Waals surface area contributed by atoms with Gasteiger partial charge in [0.25, 0.3) is 5.91 Å². The van der Waals surface area contributed by atoms with Crippen LogP contribution in [0.15, 0.2) is 22.7 Å². The first-order valence-electron chi connectivity index (χ1n) is 6.05. The van der Waals surface area contributed by atoms with Crippen LogP contribution in [0.2, 0.25) is 0 Å². The lowest BCUT2D eigenvalue weighted by atomic mass is 10.2. The largest absolute Gasteiger partial charge is 0.398 e. The van der Waals surface area contributed by atoms with E-state index in [1.54, 1.807) is 25.3 Å². The molecule has 106 valence electrons. The number of nitrogens with one attached hydrogen (secondary N) is 1. The van der Waals surface area contributed by atoms with Gasteiger partial charge in [-0.1, -0.05) is 0 Å². The van der Waals surface area contributed by atoms with Crippen LogP contribution in [0, 0.1) is 0 Å². The molecular formula is C13H19BrN2O3. The van der Waals surface area contributed by atoms with Crippen LogP contribution in [0.4, 0.5) is 5.69 Å². The van der Waals surface area contributed by atoms with Gasteiger partial charge < -0.3 is 20.5 Å². The van der Waals surface area contributed by atoms with E-state index in [2.05, 4.69) is 21.2 Å². The summed E-state index contributed by atoms with van der Waals surface area (Å²) in [5.74, 6) is -0.113. The van der Waals surface area contributed by atoms with Crippen LogP contribution in [0.25, 0.3) is 0 Å². The fourth-order valence-electron chi connectivity index (χ4n) is 1.39. The molecule has 0 atom stereocenters. The molecule has 0 bridgehead atoms. The van der Waals surface area contributed by atoms with Crippen LogP contribution < -0.4 is 11.1 Å². The molecule has 0 fully saturated rings. The maximum Gasteiger partial charge on any atom is 0.251 e. The van der Waals surface area contributed by atoms with Gasteiger partial charge in [-0.25, -0.2) is 0 Å². The molecule has 0 heterocycles. The smallest absolute Gasteiger partial charge is 0.251 e. The van der Waals surface area contributed by atoms with E-state index in [9.17, 15) is 4.79 Å². The number of nitrogens with two attached hydrogens (primary N) is 1. The Balaban J connectivity index is 2.22. The molecule has 0 saturated heterocycles. The van der Waals surface area contributed by atoms with Crippen molar-refractivity contribution >= 4 is 27.5 Å². The summed E-state index contributed by atoms with van der Waals surface area (Å²) in [4.78, 5) is 11.8. The van der Waals surface area contributed by atoms with Gasteiger partial charge in [-0.2, -0.15) is 0 Å². The van der Waals surface area contributed by atoms with Crippen molar-refractivity contribution in [3.63, 3.8) is 0 Å². The van der Waals surface area contributed by atoms with Gasteiger partial charge in [-0.3, -0.25) is 4.79 Å². The Kier molecular flexibility index (Phi) is 7.47. The third kappa shape index (κ3) is 6.04. The number of hydrogen-bond donors (Lipinski definition) is 2. The predicted molar refractivity (Wildman–Crippen MR) is 78.2 cm³/mol. The molecule has 6 heteroatoms. The molecule has 1 aromatic rings. The molecule has 3 N–H and O–H groups in total. The molecule has 5 nitrogen and oxygen atoms in total. The second-order valence-electron chi connectivity index (χ2n) is 3.95. The summed E-state index contributed by atoms with van der Waals surface area (Å²) in [5.41, 5.74) is 6.86. The normalized spacial score (nSPS) is 10.4. The van der Waals surface area contributed by atoms with Gasteiger partial charge in [0.15, 0.2) is 0 Å². The highest BCUT2D eigenvalue weighted by Gasteiger charge is 2.06. The molecule has 1 rings (SSSR count). The molecule has 19 heavy (non-hydrogen) atoms. The highest BCUT2D eigenvalue weighted by Crippen LogP contribution is 2.20. The van der Waals surface area contributed by atoms with Crippen molar-refractivity contribution in [2.75, 3.05) is 39.2 Å². The predicted octanol–water partition coefficient (Wildman–Crippen LogP) is 1.81. The Morgan fingerprint density at radius 2 is 2.16 bits per heavy atom. The minimum atomic E-state index is -0.113. The number of halogens is 1. The summed E-state index contributed by atoms with van der Waals surface area (Å²) in [6.07, 6.45) is 0.769. The van der Waals surface area contributed by atoms with E-state index in [1.807, 2.05) is 0 Å². The summed E-state index contributed by atoms with van der Waals surface area (Å²) in [5, 5.41) is 2.82. The van der Waals surface area contributed by atoms with E-state index in [0.717, 1.165) is 10.9 Å². The van der Waals surface area contributed by atoms with Gasteiger partial charge in [0.1, 0.15) is 0 Å². The number of hydrogen-bond acceptors (Lipinski definition) is 4. The van der Waals surface area contributed by atoms with Crippen LogP contribution in [-0.2, 0) is 9.47 Å². The van der Waals surface area contributed by atoms with Crippen molar-refractivity contribution in [3.8, 4) is 0 Å². The first-order valence-corrected chi connectivity index (χ1v) is 6.84. The molecule has 0 spiro atoms. The molecule has 0 aliphatic rings. The third-order valence-electron chi connectivity index (χ3n) is 2.45. The third-order valence-corrected chi connectivity index (χ3v) is 3.13. The van der Waals surface area contributed by atoms with Crippen LogP contribution >= 0.6 is 15.9 Å². The van der Waals surface area contributed by atoms with Gasteiger partial charge in [-0.15, -0.1) is 0 Å².